The van der Waals surface area contributed by atoms with Crippen LogP contribution >= 0.6 is 22.6 Å². The molecule has 1 fully saturated rings. The highest BCUT2D eigenvalue weighted by Crippen LogP contribution is 2.32. The van der Waals surface area contributed by atoms with Crippen LogP contribution in [0.15, 0.2) is 30.3 Å². The van der Waals surface area contributed by atoms with E-state index in [-0.39, 0.29) is 28.8 Å². The fraction of sp³-hybridized carbons (Fsp3) is 0.278. The summed E-state index contributed by atoms with van der Waals surface area (Å²) in [5.74, 6) is -1.83. The Labute approximate surface area is 163 Å². The molecular weight excluding hydrogens is 455 g/mol. The van der Waals surface area contributed by atoms with Crippen LogP contribution in [-0.4, -0.2) is 25.1 Å². The zero-order valence-electron chi connectivity index (χ0n) is 13.8. The molecule has 3 rings (SSSR count). The SMILES string of the molecule is NC(=O)c1c(Nc2ccc(I)cc2F)cc(F)cc1OC1CCNCC1. The maximum atomic E-state index is 14.1. The summed E-state index contributed by atoms with van der Waals surface area (Å²) in [6.07, 6.45) is 1.34. The van der Waals surface area contributed by atoms with Crippen LogP contribution in [0, 0.1) is 15.2 Å². The average molecular weight is 473 g/mol. The van der Waals surface area contributed by atoms with Gasteiger partial charge in [0.2, 0.25) is 0 Å². The number of nitrogens with two attached hydrogens (primary N) is 1. The van der Waals surface area contributed by atoms with Gasteiger partial charge in [-0.15, -0.1) is 0 Å². The topological polar surface area (TPSA) is 76.4 Å². The summed E-state index contributed by atoms with van der Waals surface area (Å²) < 4.78 is 34.8. The Bertz CT molecular complexity index is 826. The highest BCUT2D eigenvalue weighted by Gasteiger charge is 2.22. The number of ether oxygens (including phenoxy) is 1. The van der Waals surface area contributed by atoms with Gasteiger partial charge in [0, 0.05) is 9.64 Å². The fourth-order valence-electron chi connectivity index (χ4n) is 2.86. The lowest BCUT2D eigenvalue weighted by Gasteiger charge is -2.25. The Morgan fingerprint density at radius 2 is 1.92 bits per heavy atom. The number of nitrogens with one attached hydrogen (secondary N) is 2. The smallest absolute Gasteiger partial charge is 0.254 e. The molecule has 4 N–H and O–H groups in total. The second kappa shape index (κ2) is 8.17. The number of benzene rings is 2. The zero-order valence-corrected chi connectivity index (χ0v) is 16.0. The zero-order chi connectivity index (χ0) is 18.7. The summed E-state index contributed by atoms with van der Waals surface area (Å²) in [4.78, 5) is 12.0. The van der Waals surface area contributed by atoms with Crippen LogP contribution in [0.4, 0.5) is 20.2 Å². The first-order chi connectivity index (χ1) is 12.4. The van der Waals surface area contributed by atoms with Crippen molar-refractivity contribution in [2.75, 3.05) is 18.4 Å². The Balaban J connectivity index is 1.96. The van der Waals surface area contributed by atoms with Gasteiger partial charge >= 0.3 is 0 Å². The molecule has 0 saturated carbocycles. The number of amides is 1. The van der Waals surface area contributed by atoms with Gasteiger partial charge in [-0.05, 0) is 72.8 Å². The van der Waals surface area contributed by atoms with Crippen molar-refractivity contribution in [3.8, 4) is 5.75 Å². The van der Waals surface area contributed by atoms with E-state index in [1.54, 1.807) is 6.07 Å². The maximum Gasteiger partial charge on any atom is 0.254 e. The average Bonchev–Trinajstić information content (AvgIpc) is 2.57. The molecule has 0 bridgehead atoms. The minimum absolute atomic E-state index is 0.00267. The third-order valence-corrected chi connectivity index (χ3v) is 4.76. The third-order valence-electron chi connectivity index (χ3n) is 4.09. The number of anilines is 2. The Morgan fingerprint density at radius 3 is 2.58 bits per heavy atom. The van der Waals surface area contributed by atoms with Gasteiger partial charge in [0.15, 0.2) is 0 Å². The van der Waals surface area contributed by atoms with Gasteiger partial charge in [0.05, 0.1) is 11.4 Å². The van der Waals surface area contributed by atoms with Gasteiger partial charge < -0.3 is 21.1 Å². The number of piperidine rings is 1. The monoisotopic (exact) mass is 473 g/mol. The number of rotatable bonds is 5. The molecule has 0 aliphatic carbocycles. The summed E-state index contributed by atoms with van der Waals surface area (Å²) in [5.41, 5.74) is 5.69. The van der Waals surface area contributed by atoms with Gasteiger partial charge in [0.1, 0.15) is 29.1 Å². The quantitative estimate of drug-likeness (QED) is 0.581. The molecule has 0 aromatic heterocycles. The summed E-state index contributed by atoms with van der Waals surface area (Å²) in [6.45, 7) is 1.57. The van der Waals surface area contributed by atoms with Crippen molar-refractivity contribution in [3.63, 3.8) is 0 Å². The van der Waals surface area contributed by atoms with Crippen molar-refractivity contribution >= 4 is 39.9 Å². The molecule has 1 amide bonds. The lowest BCUT2D eigenvalue weighted by atomic mass is 10.1. The summed E-state index contributed by atoms with van der Waals surface area (Å²) in [5, 5.41) is 5.96. The van der Waals surface area contributed by atoms with Crippen molar-refractivity contribution in [2.24, 2.45) is 5.73 Å². The molecular formula is C18H18F2IN3O2. The molecule has 1 saturated heterocycles. The second-order valence-electron chi connectivity index (χ2n) is 6.01. The van der Waals surface area contributed by atoms with E-state index >= 15 is 0 Å². The predicted octanol–water partition coefficient (Wildman–Crippen LogP) is 3.54. The molecule has 138 valence electrons. The highest BCUT2D eigenvalue weighted by atomic mass is 127. The standard InChI is InChI=1S/C18H18F2IN3O2/c19-10-7-15(24-14-2-1-11(21)9-13(14)20)17(18(22)25)16(8-10)26-12-3-5-23-6-4-12/h1-2,7-9,12,23-24H,3-6H2,(H2,22,25). The molecule has 2 aromatic carbocycles. The molecule has 26 heavy (non-hydrogen) atoms. The molecule has 0 atom stereocenters. The molecule has 5 nitrogen and oxygen atoms in total. The van der Waals surface area contributed by atoms with Gasteiger partial charge in [-0.1, -0.05) is 0 Å². The van der Waals surface area contributed by atoms with Crippen LogP contribution in [0.3, 0.4) is 0 Å². The fourth-order valence-corrected chi connectivity index (χ4v) is 3.31. The first-order valence-corrected chi connectivity index (χ1v) is 9.24. The van der Waals surface area contributed by atoms with Crippen molar-refractivity contribution < 1.29 is 18.3 Å². The summed E-state index contributed by atoms with van der Waals surface area (Å²) >= 11 is 1.98. The molecule has 2 aromatic rings. The second-order valence-corrected chi connectivity index (χ2v) is 7.25. The number of halogens is 3. The minimum atomic E-state index is -0.776. The predicted molar refractivity (Wildman–Crippen MR) is 104 cm³/mol. The molecule has 0 radical (unpaired) electrons. The number of hydrogen-bond acceptors (Lipinski definition) is 4. The number of carbonyl (C=O) groups is 1. The van der Waals surface area contributed by atoms with Gasteiger partial charge in [-0.2, -0.15) is 0 Å². The maximum absolute atomic E-state index is 14.1. The van der Waals surface area contributed by atoms with E-state index in [9.17, 15) is 13.6 Å². The van der Waals surface area contributed by atoms with E-state index in [4.69, 9.17) is 10.5 Å². The van der Waals surface area contributed by atoms with Crippen molar-refractivity contribution in [1.82, 2.24) is 5.32 Å². The van der Waals surface area contributed by atoms with E-state index in [0.29, 0.717) is 0 Å². The van der Waals surface area contributed by atoms with Crippen molar-refractivity contribution in [2.45, 2.75) is 18.9 Å². The molecule has 1 heterocycles. The Kier molecular flexibility index (Phi) is 5.92. The molecule has 1 aliphatic rings. The largest absolute Gasteiger partial charge is 0.489 e. The van der Waals surface area contributed by atoms with Crippen molar-refractivity contribution in [1.29, 1.82) is 0 Å². The van der Waals surface area contributed by atoms with E-state index in [1.165, 1.54) is 12.1 Å². The van der Waals surface area contributed by atoms with Gasteiger partial charge in [0.25, 0.3) is 5.91 Å². The van der Waals surface area contributed by atoms with Gasteiger partial charge in [-0.25, -0.2) is 8.78 Å². The first kappa shape index (κ1) is 18.8. The normalized spacial score (nSPS) is 14.9. The van der Waals surface area contributed by atoms with Crippen LogP contribution in [0.5, 0.6) is 5.75 Å². The molecule has 1 aliphatic heterocycles. The molecule has 0 unspecified atom stereocenters. The summed E-state index contributed by atoms with van der Waals surface area (Å²) in [6, 6.07) is 6.78. The van der Waals surface area contributed by atoms with E-state index in [2.05, 4.69) is 10.6 Å². The number of carbonyl (C=O) groups excluding carboxylic acids is 1. The lowest BCUT2D eigenvalue weighted by molar-refractivity contribution is 0.0990. The van der Waals surface area contributed by atoms with Gasteiger partial charge in [-0.3, -0.25) is 4.79 Å². The number of hydrogen-bond donors (Lipinski definition) is 3. The van der Waals surface area contributed by atoms with E-state index in [0.717, 1.165) is 41.6 Å². The third kappa shape index (κ3) is 4.42. The van der Waals surface area contributed by atoms with Crippen LogP contribution < -0.4 is 21.1 Å². The van der Waals surface area contributed by atoms with E-state index < -0.39 is 17.5 Å². The Hall–Kier alpha value is -1.94. The van der Waals surface area contributed by atoms with Crippen LogP contribution in [0.2, 0.25) is 0 Å². The lowest BCUT2D eigenvalue weighted by Crippen LogP contribution is -2.34. The van der Waals surface area contributed by atoms with Crippen LogP contribution in [0.1, 0.15) is 23.2 Å². The Morgan fingerprint density at radius 1 is 1.19 bits per heavy atom. The summed E-state index contributed by atoms with van der Waals surface area (Å²) in [7, 11) is 0. The van der Waals surface area contributed by atoms with Crippen molar-refractivity contribution in [3.05, 3.63) is 51.1 Å². The molecule has 8 heteroatoms. The van der Waals surface area contributed by atoms with E-state index in [1.807, 2.05) is 22.6 Å². The van der Waals surface area contributed by atoms with Crippen LogP contribution in [-0.2, 0) is 0 Å². The molecule has 0 spiro atoms. The first-order valence-electron chi connectivity index (χ1n) is 8.17. The number of primary amides is 1. The van der Waals surface area contributed by atoms with Crippen LogP contribution in [0.25, 0.3) is 0 Å². The minimum Gasteiger partial charge on any atom is -0.489 e. The highest BCUT2D eigenvalue weighted by molar-refractivity contribution is 14.1.